The third-order valence-corrected chi connectivity index (χ3v) is 4.69. The van der Waals surface area contributed by atoms with E-state index < -0.39 is 0 Å². The molecule has 0 spiro atoms. The van der Waals surface area contributed by atoms with Crippen molar-refractivity contribution in [2.24, 2.45) is 0 Å². The van der Waals surface area contributed by atoms with E-state index in [1.165, 1.54) is 56.4 Å². The molecule has 1 aromatic rings. The van der Waals surface area contributed by atoms with Crippen LogP contribution in [0.5, 0.6) is 0 Å². The molecule has 21 heavy (non-hydrogen) atoms. The van der Waals surface area contributed by atoms with E-state index in [1.54, 1.807) is 0 Å². The van der Waals surface area contributed by atoms with Gasteiger partial charge >= 0.3 is 0 Å². The van der Waals surface area contributed by atoms with E-state index in [2.05, 4.69) is 55.3 Å². The van der Waals surface area contributed by atoms with Gasteiger partial charge in [0.15, 0.2) is 0 Å². The van der Waals surface area contributed by atoms with Crippen LogP contribution >= 0.6 is 0 Å². The minimum atomic E-state index is 0.601. The number of hydrogen-bond acceptors (Lipinski definition) is 2. The van der Waals surface area contributed by atoms with Gasteiger partial charge in [-0.25, -0.2) is 0 Å². The van der Waals surface area contributed by atoms with E-state index >= 15 is 0 Å². The lowest BCUT2D eigenvalue weighted by molar-refractivity contribution is 0.290. The van der Waals surface area contributed by atoms with Crippen LogP contribution in [0.1, 0.15) is 63.5 Å². The third-order valence-electron chi connectivity index (χ3n) is 4.69. The molecule has 2 heteroatoms. The van der Waals surface area contributed by atoms with Crippen molar-refractivity contribution in [3.05, 3.63) is 35.4 Å². The monoisotopic (exact) mass is 288 g/mol. The number of nitrogens with zero attached hydrogens (tertiary/aromatic N) is 1. The molecule has 0 radical (unpaired) electrons. The average Bonchev–Trinajstić information content (AvgIpc) is 3.35. The maximum Gasteiger partial charge on any atom is 0.0207 e. The highest BCUT2D eigenvalue weighted by Gasteiger charge is 2.22. The van der Waals surface area contributed by atoms with Crippen LogP contribution in [-0.4, -0.2) is 30.6 Å². The van der Waals surface area contributed by atoms with Gasteiger partial charge in [0.05, 0.1) is 0 Å². The molecule has 1 aliphatic carbocycles. The van der Waals surface area contributed by atoms with Crippen molar-refractivity contribution < 1.29 is 0 Å². The normalized spacial score (nSPS) is 16.4. The standard InChI is InChI=1S/C19H32N2/c1-4-21(5-2)14-6-7-16(3)20-15-17-8-10-18(11-9-17)19-12-13-19/h8-11,16,19-20H,4-7,12-15H2,1-3H3. The molecule has 1 fully saturated rings. The van der Waals surface area contributed by atoms with Gasteiger partial charge in [-0.2, -0.15) is 0 Å². The first-order chi connectivity index (χ1) is 10.2. The average molecular weight is 288 g/mol. The largest absolute Gasteiger partial charge is 0.310 e. The van der Waals surface area contributed by atoms with Crippen molar-refractivity contribution in [3.8, 4) is 0 Å². The Bertz CT molecular complexity index is 391. The molecule has 2 rings (SSSR count). The molecule has 0 bridgehead atoms. The summed E-state index contributed by atoms with van der Waals surface area (Å²) in [6, 6.07) is 9.83. The summed E-state index contributed by atoms with van der Waals surface area (Å²) in [6.07, 6.45) is 5.33. The van der Waals surface area contributed by atoms with Gasteiger partial charge in [-0.3, -0.25) is 0 Å². The quantitative estimate of drug-likeness (QED) is 0.695. The van der Waals surface area contributed by atoms with Gasteiger partial charge in [0.25, 0.3) is 0 Å². The molecule has 0 amide bonds. The minimum Gasteiger partial charge on any atom is -0.310 e. The van der Waals surface area contributed by atoms with Crippen molar-refractivity contribution in [1.82, 2.24) is 10.2 Å². The fourth-order valence-electron chi connectivity index (χ4n) is 2.88. The third kappa shape index (κ3) is 5.80. The van der Waals surface area contributed by atoms with Crippen molar-refractivity contribution in [3.63, 3.8) is 0 Å². The number of hydrogen-bond donors (Lipinski definition) is 1. The summed E-state index contributed by atoms with van der Waals surface area (Å²) in [5.74, 6) is 0.867. The molecule has 1 aromatic carbocycles. The second-order valence-electron chi connectivity index (χ2n) is 6.47. The minimum absolute atomic E-state index is 0.601. The smallest absolute Gasteiger partial charge is 0.0207 e. The SMILES string of the molecule is CCN(CC)CCCC(C)NCc1ccc(C2CC2)cc1. The highest BCUT2D eigenvalue weighted by molar-refractivity contribution is 5.27. The fourth-order valence-corrected chi connectivity index (χ4v) is 2.88. The van der Waals surface area contributed by atoms with Gasteiger partial charge in [-0.05, 0) is 69.3 Å². The van der Waals surface area contributed by atoms with Crippen molar-refractivity contribution >= 4 is 0 Å². The Balaban J connectivity index is 1.62. The summed E-state index contributed by atoms with van der Waals surface area (Å²) in [7, 11) is 0. The number of rotatable bonds is 10. The van der Waals surface area contributed by atoms with Gasteiger partial charge in [-0.1, -0.05) is 38.1 Å². The van der Waals surface area contributed by atoms with E-state index in [1.807, 2.05) is 0 Å². The zero-order chi connectivity index (χ0) is 15.1. The summed E-state index contributed by atoms with van der Waals surface area (Å²) in [6.45, 7) is 11.4. The van der Waals surface area contributed by atoms with E-state index in [0.717, 1.165) is 12.5 Å². The molecule has 1 N–H and O–H groups in total. The van der Waals surface area contributed by atoms with Gasteiger partial charge in [0.2, 0.25) is 0 Å². The molecule has 118 valence electrons. The van der Waals surface area contributed by atoms with E-state index in [4.69, 9.17) is 0 Å². The van der Waals surface area contributed by atoms with Crippen LogP contribution in [0.15, 0.2) is 24.3 Å². The lowest BCUT2D eigenvalue weighted by atomic mass is 10.1. The van der Waals surface area contributed by atoms with Crippen LogP contribution in [0.4, 0.5) is 0 Å². The Hall–Kier alpha value is -0.860. The molecule has 1 aliphatic rings. The predicted octanol–water partition coefficient (Wildman–Crippen LogP) is 4.16. The lowest BCUT2D eigenvalue weighted by Crippen LogP contribution is -2.28. The topological polar surface area (TPSA) is 15.3 Å². The maximum atomic E-state index is 3.65. The molecule has 1 atom stereocenters. The maximum absolute atomic E-state index is 3.65. The molecule has 2 nitrogen and oxygen atoms in total. The molecule has 0 aliphatic heterocycles. The Morgan fingerprint density at radius 2 is 1.81 bits per heavy atom. The van der Waals surface area contributed by atoms with Crippen LogP contribution in [0.3, 0.4) is 0 Å². The molecular weight excluding hydrogens is 256 g/mol. The van der Waals surface area contributed by atoms with Crippen LogP contribution in [0, 0.1) is 0 Å². The van der Waals surface area contributed by atoms with Gasteiger partial charge < -0.3 is 10.2 Å². The first kappa shape index (κ1) is 16.5. The van der Waals surface area contributed by atoms with E-state index in [9.17, 15) is 0 Å². The summed E-state index contributed by atoms with van der Waals surface area (Å²) >= 11 is 0. The Morgan fingerprint density at radius 3 is 2.38 bits per heavy atom. The first-order valence-corrected chi connectivity index (χ1v) is 8.77. The summed E-state index contributed by atoms with van der Waals surface area (Å²) in [4.78, 5) is 2.50. The summed E-state index contributed by atoms with van der Waals surface area (Å²) in [5, 5.41) is 3.65. The van der Waals surface area contributed by atoms with Gasteiger partial charge in [-0.15, -0.1) is 0 Å². The fraction of sp³-hybridized carbons (Fsp3) is 0.684. The Labute approximate surface area is 130 Å². The van der Waals surface area contributed by atoms with Crippen LogP contribution in [-0.2, 0) is 6.54 Å². The Morgan fingerprint density at radius 1 is 1.14 bits per heavy atom. The molecular formula is C19H32N2. The molecule has 0 heterocycles. The zero-order valence-corrected chi connectivity index (χ0v) is 14.1. The van der Waals surface area contributed by atoms with Crippen molar-refractivity contribution in [1.29, 1.82) is 0 Å². The van der Waals surface area contributed by atoms with E-state index in [0.29, 0.717) is 6.04 Å². The summed E-state index contributed by atoms with van der Waals surface area (Å²) < 4.78 is 0. The van der Waals surface area contributed by atoms with Crippen LogP contribution < -0.4 is 5.32 Å². The van der Waals surface area contributed by atoms with Crippen molar-refractivity contribution in [2.75, 3.05) is 19.6 Å². The predicted molar refractivity (Wildman–Crippen MR) is 91.7 cm³/mol. The van der Waals surface area contributed by atoms with Gasteiger partial charge in [0.1, 0.15) is 0 Å². The van der Waals surface area contributed by atoms with Crippen LogP contribution in [0.2, 0.25) is 0 Å². The highest BCUT2D eigenvalue weighted by Crippen LogP contribution is 2.39. The zero-order valence-electron chi connectivity index (χ0n) is 14.1. The van der Waals surface area contributed by atoms with Crippen molar-refractivity contribution in [2.45, 2.75) is 65.0 Å². The second-order valence-corrected chi connectivity index (χ2v) is 6.47. The molecule has 1 unspecified atom stereocenters. The molecule has 0 aromatic heterocycles. The van der Waals surface area contributed by atoms with Crippen LogP contribution in [0.25, 0.3) is 0 Å². The first-order valence-electron chi connectivity index (χ1n) is 8.77. The highest BCUT2D eigenvalue weighted by atomic mass is 15.1. The van der Waals surface area contributed by atoms with Gasteiger partial charge in [0, 0.05) is 12.6 Å². The molecule has 0 saturated heterocycles. The lowest BCUT2D eigenvalue weighted by Gasteiger charge is -2.19. The number of benzene rings is 1. The molecule has 1 saturated carbocycles. The summed E-state index contributed by atoms with van der Waals surface area (Å²) in [5.41, 5.74) is 2.95. The Kier molecular flexibility index (Phi) is 6.72. The van der Waals surface area contributed by atoms with E-state index in [-0.39, 0.29) is 0 Å². The second kappa shape index (κ2) is 8.55. The number of nitrogens with one attached hydrogen (secondary N) is 1.